The number of benzene rings is 2. The zero-order chi connectivity index (χ0) is 16.4. The predicted molar refractivity (Wildman–Crippen MR) is 91.5 cm³/mol. The molecule has 0 spiro atoms. The van der Waals surface area contributed by atoms with Crippen LogP contribution in [0.2, 0.25) is 0 Å². The van der Waals surface area contributed by atoms with Crippen molar-refractivity contribution in [2.75, 3.05) is 12.4 Å². The topological polar surface area (TPSA) is 65.1 Å². The Hall–Kier alpha value is -3.28. The molecule has 0 atom stereocenters. The van der Waals surface area contributed by atoms with Crippen molar-refractivity contribution in [1.82, 2.24) is 14.8 Å². The molecule has 0 fully saturated rings. The van der Waals surface area contributed by atoms with E-state index >= 15 is 0 Å². The van der Waals surface area contributed by atoms with Crippen LogP contribution in [0.15, 0.2) is 65.2 Å². The average Bonchev–Trinajstić information content (AvgIpc) is 3.26. The third-order valence-corrected chi connectivity index (χ3v) is 3.70. The lowest BCUT2D eigenvalue weighted by Crippen LogP contribution is -2.02. The summed E-state index contributed by atoms with van der Waals surface area (Å²) < 4.78 is 12.6. The van der Waals surface area contributed by atoms with Gasteiger partial charge in [-0.1, -0.05) is 12.1 Å². The molecule has 6 nitrogen and oxygen atoms in total. The molecular weight excluding hydrogens is 304 g/mol. The SMILES string of the molecule is COc1ccc(-n2ccc(CNc3nc4ccccc4o3)n2)cc1. The van der Waals surface area contributed by atoms with Gasteiger partial charge < -0.3 is 14.5 Å². The van der Waals surface area contributed by atoms with Crippen molar-refractivity contribution in [2.24, 2.45) is 0 Å². The number of aromatic nitrogens is 3. The smallest absolute Gasteiger partial charge is 0.296 e. The minimum absolute atomic E-state index is 0.496. The first kappa shape index (κ1) is 14.3. The van der Waals surface area contributed by atoms with Crippen LogP contribution in [-0.4, -0.2) is 21.9 Å². The monoisotopic (exact) mass is 320 g/mol. The van der Waals surface area contributed by atoms with E-state index in [1.807, 2.05) is 65.5 Å². The molecule has 0 unspecified atom stereocenters. The van der Waals surface area contributed by atoms with E-state index in [9.17, 15) is 0 Å². The van der Waals surface area contributed by atoms with Gasteiger partial charge in [-0.3, -0.25) is 0 Å². The summed E-state index contributed by atoms with van der Waals surface area (Å²) in [4.78, 5) is 4.39. The molecule has 0 bridgehead atoms. The maximum atomic E-state index is 5.64. The lowest BCUT2D eigenvalue weighted by atomic mass is 10.3. The van der Waals surface area contributed by atoms with Gasteiger partial charge in [0.25, 0.3) is 6.01 Å². The maximum Gasteiger partial charge on any atom is 0.296 e. The number of ether oxygens (including phenoxy) is 1. The van der Waals surface area contributed by atoms with Crippen molar-refractivity contribution in [2.45, 2.75) is 6.54 Å². The third-order valence-electron chi connectivity index (χ3n) is 3.70. The number of methoxy groups -OCH3 is 1. The number of oxazole rings is 1. The van der Waals surface area contributed by atoms with Crippen LogP contribution >= 0.6 is 0 Å². The number of anilines is 1. The fourth-order valence-corrected chi connectivity index (χ4v) is 2.45. The van der Waals surface area contributed by atoms with Crippen molar-refractivity contribution in [3.63, 3.8) is 0 Å². The molecule has 0 aliphatic heterocycles. The molecule has 24 heavy (non-hydrogen) atoms. The molecule has 0 saturated carbocycles. The van der Waals surface area contributed by atoms with Gasteiger partial charge in [-0.25, -0.2) is 4.68 Å². The molecule has 2 aromatic carbocycles. The Labute approximate surface area is 138 Å². The summed E-state index contributed by atoms with van der Waals surface area (Å²) >= 11 is 0. The molecule has 0 amide bonds. The summed E-state index contributed by atoms with van der Waals surface area (Å²) in [5, 5.41) is 7.71. The van der Waals surface area contributed by atoms with Crippen LogP contribution < -0.4 is 10.1 Å². The first-order chi connectivity index (χ1) is 11.8. The van der Waals surface area contributed by atoms with E-state index in [0.717, 1.165) is 28.2 Å². The van der Waals surface area contributed by atoms with Crippen molar-refractivity contribution >= 4 is 17.1 Å². The summed E-state index contributed by atoms with van der Waals surface area (Å²) in [5.74, 6) is 0.823. The Kier molecular flexibility index (Phi) is 3.63. The summed E-state index contributed by atoms with van der Waals surface area (Å²) in [7, 11) is 1.65. The van der Waals surface area contributed by atoms with E-state index in [4.69, 9.17) is 9.15 Å². The Bertz CT molecular complexity index is 923. The molecule has 0 saturated heterocycles. The highest BCUT2D eigenvalue weighted by Gasteiger charge is 2.06. The normalized spacial score (nSPS) is 10.9. The molecule has 120 valence electrons. The van der Waals surface area contributed by atoms with Crippen LogP contribution in [0.25, 0.3) is 16.8 Å². The molecule has 2 heterocycles. The van der Waals surface area contributed by atoms with E-state index in [-0.39, 0.29) is 0 Å². The first-order valence-corrected chi connectivity index (χ1v) is 7.60. The van der Waals surface area contributed by atoms with Crippen LogP contribution in [0.3, 0.4) is 0 Å². The number of nitrogens with zero attached hydrogens (tertiary/aromatic N) is 3. The number of fused-ring (bicyclic) bond motifs is 1. The predicted octanol–water partition coefficient (Wildman–Crippen LogP) is 3.63. The van der Waals surface area contributed by atoms with Crippen LogP contribution in [0.4, 0.5) is 6.01 Å². The quantitative estimate of drug-likeness (QED) is 0.608. The molecule has 0 aliphatic carbocycles. The summed E-state index contributed by atoms with van der Waals surface area (Å²) in [5.41, 5.74) is 3.48. The van der Waals surface area contributed by atoms with E-state index in [0.29, 0.717) is 12.6 Å². The van der Waals surface area contributed by atoms with Crippen molar-refractivity contribution < 1.29 is 9.15 Å². The van der Waals surface area contributed by atoms with Gasteiger partial charge >= 0.3 is 0 Å². The third kappa shape index (κ3) is 2.81. The highest BCUT2D eigenvalue weighted by Crippen LogP contribution is 2.19. The van der Waals surface area contributed by atoms with E-state index in [2.05, 4.69) is 15.4 Å². The highest BCUT2D eigenvalue weighted by molar-refractivity contribution is 5.74. The Morgan fingerprint density at radius 1 is 1.08 bits per heavy atom. The molecule has 1 N–H and O–H groups in total. The second kappa shape index (κ2) is 6.08. The van der Waals surface area contributed by atoms with Crippen LogP contribution in [0, 0.1) is 0 Å². The zero-order valence-electron chi connectivity index (χ0n) is 13.1. The summed E-state index contributed by atoms with van der Waals surface area (Å²) in [6.45, 7) is 0.538. The van der Waals surface area contributed by atoms with Gasteiger partial charge in [0.2, 0.25) is 0 Å². The number of hydrogen-bond donors (Lipinski definition) is 1. The fourth-order valence-electron chi connectivity index (χ4n) is 2.45. The summed E-state index contributed by atoms with van der Waals surface area (Å²) in [6, 6.07) is 17.9. The lowest BCUT2D eigenvalue weighted by Gasteiger charge is -2.03. The van der Waals surface area contributed by atoms with Gasteiger partial charge in [0.15, 0.2) is 5.58 Å². The van der Waals surface area contributed by atoms with Gasteiger partial charge in [-0.15, -0.1) is 0 Å². The Balaban J connectivity index is 1.46. The van der Waals surface area contributed by atoms with Crippen LogP contribution in [-0.2, 0) is 6.54 Å². The second-order valence-corrected chi connectivity index (χ2v) is 5.29. The molecule has 6 heteroatoms. The van der Waals surface area contributed by atoms with Gasteiger partial charge in [0, 0.05) is 6.20 Å². The number of hydrogen-bond acceptors (Lipinski definition) is 5. The average molecular weight is 320 g/mol. The number of para-hydroxylation sites is 2. The molecule has 4 aromatic rings. The molecule has 0 radical (unpaired) electrons. The number of rotatable bonds is 5. The van der Waals surface area contributed by atoms with E-state index in [1.54, 1.807) is 7.11 Å². The van der Waals surface area contributed by atoms with Gasteiger partial charge in [0.1, 0.15) is 11.3 Å². The van der Waals surface area contributed by atoms with Crippen LogP contribution in [0.1, 0.15) is 5.69 Å². The molecule has 4 rings (SSSR count). The minimum atomic E-state index is 0.496. The van der Waals surface area contributed by atoms with Crippen molar-refractivity contribution in [3.8, 4) is 11.4 Å². The Morgan fingerprint density at radius 3 is 2.71 bits per heavy atom. The van der Waals surface area contributed by atoms with Gasteiger partial charge in [-0.2, -0.15) is 10.1 Å². The fraction of sp³-hybridized carbons (Fsp3) is 0.111. The summed E-state index contributed by atoms with van der Waals surface area (Å²) in [6.07, 6.45) is 1.92. The second-order valence-electron chi connectivity index (χ2n) is 5.29. The first-order valence-electron chi connectivity index (χ1n) is 7.60. The van der Waals surface area contributed by atoms with Gasteiger partial charge in [0.05, 0.1) is 25.0 Å². The zero-order valence-corrected chi connectivity index (χ0v) is 13.1. The maximum absolute atomic E-state index is 5.64. The van der Waals surface area contributed by atoms with Gasteiger partial charge in [-0.05, 0) is 42.5 Å². The molecular formula is C18H16N4O2. The van der Waals surface area contributed by atoms with E-state index in [1.165, 1.54) is 0 Å². The molecule has 0 aliphatic rings. The Morgan fingerprint density at radius 2 is 1.92 bits per heavy atom. The van der Waals surface area contributed by atoms with Crippen molar-refractivity contribution in [3.05, 3.63) is 66.5 Å². The minimum Gasteiger partial charge on any atom is -0.497 e. The van der Waals surface area contributed by atoms with E-state index < -0.39 is 0 Å². The molecule has 2 aromatic heterocycles. The largest absolute Gasteiger partial charge is 0.497 e. The highest BCUT2D eigenvalue weighted by atomic mass is 16.5. The number of nitrogens with one attached hydrogen (secondary N) is 1. The van der Waals surface area contributed by atoms with Crippen LogP contribution in [0.5, 0.6) is 5.75 Å². The lowest BCUT2D eigenvalue weighted by molar-refractivity contribution is 0.414. The van der Waals surface area contributed by atoms with Crippen molar-refractivity contribution in [1.29, 1.82) is 0 Å². The standard InChI is InChI=1S/C18H16N4O2/c1-23-15-8-6-14(7-9-15)22-11-10-13(21-22)12-19-18-20-16-4-2-3-5-17(16)24-18/h2-11H,12H2,1H3,(H,19,20).